The van der Waals surface area contributed by atoms with Gasteiger partial charge >= 0.3 is 0 Å². The van der Waals surface area contributed by atoms with Crippen molar-refractivity contribution in [3.63, 3.8) is 0 Å². The minimum Gasteiger partial charge on any atom is -0.301 e. The number of benzene rings is 3. The lowest BCUT2D eigenvalue weighted by molar-refractivity contribution is 0.684. The van der Waals surface area contributed by atoms with Crippen molar-refractivity contribution in [1.82, 2.24) is 24.5 Å². The molecule has 0 atom stereocenters. The fourth-order valence-corrected chi connectivity index (χ4v) is 5.74. The largest absolute Gasteiger partial charge is 0.301 e. The number of hydrogen-bond acceptors (Lipinski definition) is 4. The van der Waals surface area contributed by atoms with Crippen LogP contribution in [-0.2, 0) is 12.3 Å². The molecule has 0 radical (unpaired) electrons. The normalized spacial score (nSPS) is 11.3. The third kappa shape index (κ3) is 5.30. The standard InChI is InChI=1S/C28H24Cl3N5S/c1-4-35-27(32-33-28(35)37-16-19-7-5-17(2)6-8-19)25-18(3)26(20-9-11-21(29)12-10-20)36(34-25)24-14-13-22(30)15-23(24)31/h5-15H,4,16H2,1-3H3. The molecular weight excluding hydrogens is 545 g/mol. The molecule has 5 aromatic rings. The van der Waals surface area contributed by atoms with E-state index in [0.717, 1.165) is 39.1 Å². The van der Waals surface area contributed by atoms with Gasteiger partial charge in [-0.25, -0.2) is 4.68 Å². The van der Waals surface area contributed by atoms with E-state index in [-0.39, 0.29) is 0 Å². The van der Waals surface area contributed by atoms with E-state index in [2.05, 4.69) is 52.9 Å². The van der Waals surface area contributed by atoms with E-state index in [1.165, 1.54) is 11.1 Å². The molecule has 188 valence electrons. The van der Waals surface area contributed by atoms with Gasteiger partial charge in [0.1, 0.15) is 5.69 Å². The second kappa shape index (κ2) is 10.9. The number of rotatable bonds is 7. The number of aromatic nitrogens is 5. The summed E-state index contributed by atoms with van der Waals surface area (Å²) in [5, 5.41) is 16.7. The summed E-state index contributed by atoms with van der Waals surface area (Å²) in [6, 6.07) is 21.6. The summed E-state index contributed by atoms with van der Waals surface area (Å²) in [5.41, 5.74) is 6.78. The average molecular weight is 569 g/mol. The highest BCUT2D eigenvalue weighted by Crippen LogP contribution is 2.37. The van der Waals surface area contributed by atoms with E-state index in [1.54, 1.807) is 23.9 Å². The second-order valence-corrected chi connectivity index (χ2v) is 10.9. The van der Waals surface area contributed by atoms with Crippen molar-refractivity contribution in [2.75, 3.05) is 0 Å². The molecular formula is C28H24Cl3N5S. The van der Waals surface area contributed by atoms with Crippen LogP contribution in [0.2, 0.25) is 15.1 Å². The molecule has 0 N–H and O–H groups in total. The Morgan fingerprint density at radius 1 is 0.838 bits per heavy atom. The molecule has 5 nitrogen and oxygen atoms in total. The van der Waals surface area contributed by atoms with E-state index >= 15 is 0 Å². The lowest BCUT2D eigenvalue weighted by Crippen LogP contribution is -2.02. The second-order valence-electron chi connectivity index (χ2n) is 8.66. The third-order valence-electron chi connectivity index (χ3n) is 6.11. The van der Waals surface area contributed by atoms with Gasteiger partial charge in [-0.2, -0.15) is 5.10 Å². The van der Waals surface area contributed by atoms with Gasteiger partial charge in [-0.15, -0.1) is 10.2 Å². The first-order valence-corrected chi connectivity index (χ1v) is 13.9. The van der Waals surface area contributed by atoms with Gasteiger partial charge in [0.15, 0.2) is 11.0 Å². The predicted octanol–water partition coefficient (Wildman–Crippen LogP) is 8.69. The van der Waals surface area contributed by atoms with E-state index in [9.17, 15) is 0 Å². The Bertz CT molecular complexity index is 1560. The fourth-order valence-electron chi connectivity index (χ4n) is 4.17. The molecule has 3 aromatic carbocycles. The first-order chi connectivity index (χ1) is 17.9. The van der Waals surface area contributed by atoms with Crippen LogP contribution >= 0.6 is 46.6 Å². The number of halogens is 3. The van der Waals surface area contributed by atoms with E-state index in [1.807, 2.05) is 41.9 Å². The van der Waals surface area contributed by atoms with Crippen LogP contribution in [0.25, 0.3) is 28.5 Å². The summed E-state index contributed by atoms with van der Waals surface area (Å²) < 4.78 is 3.95. The summed E-state index contributed by atoms with van der Waals surface area (Å²) in [4.78, 5) is 0. The van der Waals surface area contributed by atoms with Gasteiger partial charge in [-0.3, -0.25) is 0 Å². The fraction of sp³-hybridized carbons (Fsp3) is 0.179. The highest BCUT2D eigenvalue weighted by Gasteiger charge is 2.24. The molecule has 0 spiro atoms. The van der Waals surface area contributed by atoms with E-state index in [4.69, 9.17) is 39.9 Å². The first kappa shape index (κ1) is 25.9. The molecule has 2 heterocycles. The van der Waals surface area contributed by atoms with E-state index in [0.29, 0.717) is 27.4 Å². The van der Waals surface area contributed by atoms with Crippen LogP contribution < -0.4 is 0 Å². The number of aryl methyl sites for hydroxylation is 1. The van der Waals surface area contributed by atoms with Gasteiger partial charge < -0.3 is 4.57 Å². The molecule has 0 fully saturated rings. The number of hydrogen-bond donors (Lipinski definition) is 0. The van der Waals surface area contributed by atoms with Crippen molar-refractivity contribution in [3.05, 3.63) is 98.5 Å². The zero-order valence-corrected chi connectivity index (χ0v) is 23.6. The summed E-state index contributed by atoms with van der Waals surface area (Å²) in [5.74, 6) is 1.52. The number of nitrogens with zero attached hydrogens (tertiary/aromatic N) is 5. The van der Waals surface area contributed by atoms with Gasteiger partial charge in [0.05, 0.1) is 16.4 Å². The molecule has 5 rings (SSSR count). The maximum atomic E-state index is 6.63. The van der Waals surface area contributed by atoms with Crippen molar-refractivity contribution >= 4 is 46.6 Å². The molecule has 0 aliphatic carbocycles. The molecule has 0 unspecified atom stereocenters. The molecule has 0 amide bonds. The maximum Gasteiger partial charge on any atom is 0.191 e. The average Bonchev–Trinajstić information content (AvgIpc) is 3.44. The molecule has 0 aliphatic rings. The lowest BCUT2D eigenvalue weighted by Gasteiger charge is -2.11. The minimum atomic E-state index is 0.503. The molecule has 0 aliphatic heterocycles. The van der Waals surface area contributed by atoms with Gasteiger partial charge in [0, 0.05) is 33.5 Å². The monoisotopic (exact) mass is 567 g/mol. The Kier molecular flexibility index (Phi) is 7.63. The van der Waals surface area contributed by atoms with E-state index < -0.39 is 0 Å². The molecule has 0 saturated carbocycles. The SMILES string of the molecule is CCn1c(SCc2ccc(C)cc2)nnc1-c1nn(-c2ccc(Cl)cc2Cl)c(-c2ccc(Cl)cc2)c1C. The topological polar surface area (TPSA) is 48.5 Å². The smallest absolute Gasteiger partial charge is 0.191 e. The third-order valence-corrected chi connectivity index (χ3v) is 7.94. The summed E-state index contributed by atoms with van der Waals surface area (Å²) >= 11 is 20.7. The quantitative estimate of drug-likeness (QED) is 0.184. The van der Waals surface area contributed by atoms with Crippen molar-refractivity contribution in [2.24, 2.45) is 0 Å². The Hall–Kier alpha value is -2.77. The predicted molar refractivity (Wildman–Crippen MR) is 154 cm³/mol. The highest BCUT2D eigenvalue weighted by molar-refractivity contribution is 7.98. The molecule has 9 heteroatoms. The lowest BCUT2D eigenvalue weighted by atomic mass is 10.1. The summed E-state index contributed by atoms with van der Waals surface area (Å²) in [6.07, 6.45) is 0. The highest BCUT2D eigenvalue weighted by atomic mass is 35.5. The van der Waals surface area contributed by atoms with Crippen molar-refractivity contribution < 1.29 is 0 Å². The van der Waals surface area contributed by atoms with Gasteiger partial charge in [-0.05, 0) is 56.7 Å². The molecule has 2 aromatic heterocycles. The van der Waals surface area contributed by atoms with Crippen LogP contribution in [0.4, 0.5) is 0 Å². The Morgan fingerprint density at radius 2 is 1.54 bits per heavy atom. The maximum absolute atomic E-state index is 6.63. The van der Waals surface area contributed by atoms with Gasteiger partial charge in [0.2, 0.25) is 0 Å². The van der Waals surface area contributed by atoms with Crippen LogP contribution in [0.5, 0.6) is 0 Å². The molecule has 0 saturated heterocycles. The first-order valence-electron chi connectivity index (χ1n) is 11.8. The van der Waals surface area contributed by atoms with Crippen molar-refractivity contribution in [3.8, 4) is 28.5 Å². The molecule has 0 bridgehead atoms. The van der Waals surface area contributed by atoms with Crippen molar-refractivity contribution in [1.29, 1.82) is 0 Å². The van der Waals surface area contributed by atoms with Gasteiger partial charge in [0.25, 0.3) is 0 Å². The van der Waals surface area contributed by atoms with Crippen LogP contribution in [0.1, 0.15) is 23.6 Å². The Morgan fingerprint density at radius 3 is 2.22 bits per heavy atom. The van der Waals surface area contributed by atoms with Crippen LogP contribution in [-0.4, -0.2) is 24.5 Å². The van der Waals surface area contributed by atoms with Crippen LogP contribution in [0.3, 0.4) is 0 Å². The summed E-state index contributed by atoms with van der Waals surface area (Å²) in [6.45, 7) is 6.93. The summed E-state index contributed by atoms with van der Waals surface area (Å²) in [7, 11) is 0. The van der Waals surface area contributed by atoms with Crippen LogP contribution in [0, 0.1) is 13.8 Å². The van der Waals surface area contributed by atoms with Crippen molar-refractivity contribution in [2.45, 2.75) is 38.2 Å². The zero-order chi connectivity index (χ0) is 26.1. The Balaban J connectivity index is 1.60. The zero-order valence-electron chi connectivity index (χ0n) is 20.5. The van der Waals surface area contributed by atoms with Crippen LogP contribution in [0.15, 0.2) is 71.9 Å². The number of thioether (sulfide) groups is 1. The Labute approximate surface area is 235 Å². The van der Waals surface area contributed by atoms with Gasteiger partial charge in [-0.1, -0.05) is 88.5 Å². The molecule has 37 heavy (non-hydrogen) atoms. The minimum absolute atomic E-state index is 0.503.